The van der Waals surface area contributed by atoms with Gasteiger partial charge in [-0.3, -0.25) is 9.59 Å². The molecule has 0 saturated carbocycles. The maximum absolute atomic E-state index is 13.2. The average molecular weight is 577 g/mol. The molecule has 0 fully saturated rings. The van der Waals surface area contributed by atoms with Gasteiger partial charge < -0.3 is 19.6 Å². The largest absolute Gasteiger partial charge is 0.497 e. The van der Waals surface area contributed by atoms with Crippen LogP contribution >= 0.6 is 11.6 Å². The van der Waals surface area contributed by atoms with E-state index < -0.39 is 21.9 Å². The standard InChI is InChI=1S/C30H25ClN2O6S/c1-20-7-17-25(18-8-20)40(36,37)39-24-13-9-21(10-14-24)19-28(33-29(34)26-5-3-4-6-27(26)31)30(35)32-22-11-15-23(38-2)16-12-22/h3-19H,1-2H3,(H,32,35)(H,33,34)/b28-19-. The summed E-state index contributed by atoms with van der Waals surface area (Å²) in [6.45, 7) is 1.85. The number of hydrogen-bond donors (Lipinski definition) is 2. The quantitative estimate of drug-likeness (QED) is 0.191. The van der Waals surface area contributed by atoms with Crippen LogP contribution in [0.4, 0.5) is 5.69 Å². The van der Waals surface area contributed by atoms with Gasteiger partial charge in [-0.2, -0.15) is 8.42 Å². The number of rotatable bonds is 9. The van der Waals surface area contributed by atoms with Crippen molar-refractivity contribution >= 4 is 45.3 Å². The fourth-order valence-corrected chi connectivity index (χ4v) is 4.68. The zero-order valence-corrected chi connectivity index (χ0v) is 23.1. The summed E-state index contributed by atoms with van der Waals surface area (Å²) in [5.74, 6) is -0.465. The third-order valence-electron chi connectivity index (χ3n) is 5.67. The van der Waals surface area contributed by atoms with Crippen molar-refractivity contribution in [1.29, 1.82) is 0 Å². The zero-order valence-electron chi connectivity index (χ0n) is 21.6. The van der Waals surface area contributed by atoms with Gasteiger partial charge in [-0.15, -0.1) is 0 Å². The fourth-order valence-electron chi connectivity index (χ4n) is 3.53. The van der Waals surface area contributed by atoms with Crippen molar-refractivity contribution in [2.24, 2.45) is 0 Å². The second kappa shape index (κ2) is 12.5. The Bertz CT molecular complexity index is 1650. The third-order valence-corrected chi connectivity index (χ3v) is 7.26. The molecular formula is C30H25ClN2O6S. The van der Waals surface area contributed by atoms with Crippen molar-refractivity contribution in [3.05, 3.63) is 124 Å². The average Bonchev–Trinajstić information content (AvgIpc) is 2.94. The normalized spacial score (nSPS) is 11.4. The van der Waals surface area contributed by atoms with E-state index >= 15 is 0 Å². The lowest BCUT2D eigenvalue weighted by Crippen LogP contribution is -2.30. The maximum Gasteiger partial charge on any atom is 0.339 e. The minimum absolute atomic E-state index is 0.0295. The predicted octanol–water partition coefficient (Wildman–Crippen LogP) is 5.83. The summed E-state index contributed by atoms with van der Waals surface area (Å²) in [7, 11) is -2.49. The highest BCUT2D eigenvalue weighted by molar-refractivity contribution is 7.87. The summed E-state index contributed by atoms with van der Waals surface area (Å²) in [6, 6.07) is 25.5. The fraction of sp³-hybridized carbons (Fsp3) is 0.0667. The second-order valence-electron chi connectivity index (χ2n) is 8.59. The molecule has 0 aliphatic heterocycles. The summed E-state index contributed by atoms with van der Waals surface area (Å²) in [6.07, 6.45) is 1.45. The van der Waals surface area contributed by atoms with Gasteiger partial charge in [-0.25, -0.2) is 0 Å². The van der Waals surface area contributed by atoms with Crippen LogP contribution in [0.15, 0.2) is 108 Å². The molecule has 10 heteroatoms. The zero-order chi connectivity index (χ0) is 28.7. The molecule has 0 saturated heterocycles. The SMILES string of the molecule is COc1ccc(NC(=O)/C(=C/c2ccc(OS(=O)(=O)c3ccc(C)cc3)cc2)NC(=O)c2ccccc2Cl)cc1. The molecule has 204 valence electrons. The highest BCUT2D eigenvalue weighted by Gasteiger charge is 2.18. The van der Waals surface area contributed by atoms with Crippen LogP contribution in [0.5, 0.6) is 11.5 Å². The summed E-state index contributed by atoms with van der Waals surface area (Å²) < 4.78 is 35.6. The monoisotopic (exact) mass is 576 g/mol. The van der Waals surface area contributed by atoms with Crippen LogP contribution in [0, 0.1) is 6.92 Å². The number of ether oxygens (including phenoxy) is 1. The molecule has 4 rings (SSSR count). The molecule has 0 spiro atoms. The summed E-state index contributed by atoms with van der Waals surface area (Å²) in [5.41, 5.74) is 2.02. The van der Waals surface area contributed by atoms with Crippen molar-refractivity contribution in [2.45, 2.75) is 11.8 Å². The first-order valence-corrected chi connectivity index (χ1v) is 13.8. The Kier molecular flexibility index (Phi) is 8.88. The lowest BCUT2D eigenvalue weighted by atomic mass is 10.1. The Morgan fingerprint density at radius 3 is 2.08 bits per heavy atom. The number of carbonyl (C=O) groups is 2. The van der Waals surface area contributed by atoms with Crippen LogP contribution in [-0.4, -0.2) is 27.3 Å². The summed E-state index contributed by atoms with van der Waals surface area (Å²) in [4.78, 5) is 26.2. The van der Waals surface area contributed by atoms with Crippen molar-refractivity contribution < 1.29 is 26.9 Å². The van der Waals surface area contributed by atoms with Crippen LogP contribution < -0.4 is 19.6 Å². The Labute approximate surface area is 237 Å². The van der Waals surface area contributed by atoms with Gasteiger partial charge in [0.05, 0.1) is 17.7 Å². The van der Waals surface area contributed by atoms with Gasteiger partial charge >= 0.3 is 10.1 Å². The van der Waals surface area contributed by atoms with Gasteiger partial charge in [-0.05, 0) is 79.2 Å². The number of nitrogens with one attached hydrogen (secondary N) is 2. The Morgan fingerprint density at radius 1 is 0.825 bits per heavy atom. The van der Waals surface area contributed by atoms with Crippen molar-refractivity contribution in [3.63, 3.8) is 0 Å². The highest BCUT2D eigenvalue weighted by Crippen LogP contribution is 2.22. The lowest BCUT2D eigenvalue weighted by molar-refractivity contribution is -0.113. The molecule has 0 radical (unpaired) electrons. The van der Waals surface area contributed by atoms with E-state index in [2.05, 4.69) is 10.6 Å². The first kappa shape index (κ1) is 28.4. The smallest absolute Gasteiger partial charge is 0.339 e. The van der Waals surface area contributed by atoms with Crippen LogP contribution in [0.2, 0.25) is 5.02 Å². The van der Waals surface area contributed by atoms with Crippen LogP contribution in [0.25, 0.3) is 6.08 Å². The van der Waals surface area contributed by atoms with Gasteiger partial charge in [0.25, 0.3) is 11.8 Å². The lowest BCUT2D eigenvalue weighted by Gasteiger charge is -2.12. The van der Waals surface area contributed by atoms with Gasteiger partial charge in [0.2, 0.25) is 0 Å². The molecule has 0 aliphatic carbocycles. The number of aryl methyl sites for hydroxylation is 1. The van der Waals surface area contributed by atoms with Crippen molar-refractivity contribution in [1.82, 2.24) is 5.32 Å². The van der Waals surface area contributed by atoms with E-state index in [1.807, 2.05) is 6.92 Å². The van der Waals surface area contributed by atoms with E-state index in [9.17, 15) is 18.0 Å². The van der Waals surface area contributed by atoms with E-state index in [4.69, 9.17) is 20.5 Å². The Morgan fingerprint density at radius 2 is 1.45 bits per heavy atom. The Hall–Kier alpha value is -4.60. The number of anilines is 1. The number of methoxy groups -OCH3 is 1. The van der Waals surface area contributed by atoms with E-state index in [-0.39, 0.29) is 26.9 Å². The van der Waals surface area contributed by atoms with Crippen molar-refractivity contribution in [2.75, 3.05) is 12.4 Å². The highest BCUT2D eigenvalue weighted by atomic mass is 35.5. The van der Waals surface area contributed by atoms with E-state index in [1.54, 1.807) is 66.7 Å². The van der Waals surface area contributed by atoms with Gasteiger partial charge in [0.1, 0.15) is 22.1 Å². The first-order chi connectivity index (χ1) is 19.1. The number of hydrogen-bond acceptors (Lipinski definition) is 6. The van der Waals surface area contributed by atoms with Crippen LogP contribution in [0.3, 0.4) is 0 Å². The molecule has 4 aromatic carbocycles. The number of carbonyl (C=O) groups excluding carboxylic acids is 2. The molecule has 0 bridgehead atoms. The van der Waals surface area contributed by atoms with Gasteiger partial charge in [-0.1, -0.05) is 53.6 Å². The molecule has 8 nitrogen and oxygen atoms in total. The number of benzene rings is 4. The van der Waals surface area contributed by atoms with Crippen LogP contribution in [0.1, 0.15) is 21.5 Å². The van der Waals surface area contributed by atoms with Crippen LogP contribution in [-0.2, 0) is 14.9 Å². The minimum atomic E-state index is -4.03. The summed E-state index contributed by atoms with van der Waals surface area (Å²) in [5, 5.41) is 5.58. The van der Waals surface area contributed by atoms with E-state index in [1.165, 1.54) is 43.5 Å². The molecule has 0 aliphatic rings. The number of halogens is 1. The molecule has 0 heterocycles. The molecule has 0 unspecified atom stereocenters. The molecule has 0 atom stereocenters. The van der Waals surface area contributed by atoms with Gasteiger partial charge in [0.15, 0.2) is 0 Å². The molecule has 0 aromatic heterocycles. The third kappa shape index (κ3) is 7.28. The molecule has 2 N–H and O–H groups in total. The minimum Gasteiger partial charge on any atom is -0.497 e. The predicted molar refractivity (Wildman–Crippen MR) is 154 cm³/mol. The molecule has 2 amide bonds. The second-order valence-corrected chi connectivity index (χ2v) is 10.5. The Balaban J connectivity index is 1.58. The molecule has 4 aromatic rings. The summed E-state index contributed by atoms with van der Waals surface area (Å²) >= 11 is 6.17. The molecule has 40 heavy (non-hydrogen) atoms. The topological polar surface area (TPSA) is 111 Å². The molecular weight excluding hydrogens is 552 g/mol. The first-order valence-electron chi connectivity index (χ1n) is 12.0. The number of amides is 2. The van der Waals surface area contributed by atoms with Gasteiger partial charge in [0, 0.05) is 5.69 Å². The van der Waals surface area contributed by atoms with E-state index in [0.29, 0.717) is 17.0 Å². The van der Waals surface area contributed by atoms with Crippen molar-refractivity contribution in [3.8, 4) is 11.5 Å². The maximum atomic E-state index is 13.2. The van der Waals surface area contributed by atoms with E-state index in [0.717, 1.165) is 5.56 Å².